The zero-order chi connectivity index (χ0) is 10.1. The zero-order valence-corrected chi connectivity index (χ0v) is 8.10. The van der Waals surface area contributed by atoms with E-state index in [1.54, 1.807) is 18.5 Å². The molecule has 0 spiro atoms. The Bertz CT molecular complexity index is 462. The molecule has 1 aromatic carbocycles. The summed E-state index contributed by atoms with van der Waals surface area (Å²) in [5.41, 5.74) is 1.98. The topological polar surface area (TPSA) is 50.9 Å². The highest BCUT2D eigenvalue weighted by Crippen LogP contribution is 2.23. The second-order valence-corrected chi connectivity index (χ2v) is 3.26. The monoisotopic (exact) mass is 189 g/mol. The van der Waals surface area contributed by atoms with Gasteiger partial charge < -0.3 is 9.67 Å². The third-order valence-corrected chi connectivity index (χ3v) is 2.16. The summed E-state index contributed by atoms with van der Waals surface area (Å²) in [7, 11) is 1.89. The van der Waals surface area contributed by atoms with E-state index in [2.05, 4.69) is 10.2 Å². The largest absolute Gasteiger partial charge is 0.508 e. The fourth-order valence-electron chi connectivity index (χ4n) is 1.43. The Kier molecular flexibility index (Phi) is 1.96. The second-order valence-electron chi connectivity index (χ2n) is 3.26. The van der Waals surface area contributed by atoms with E-state index in [1.807, 2.05) is 24.6 Å². The van der Waals surface area contributed by atoms with Crippen LogP contribution in [-0.2, 0) is 7.05 Å². The maximum Gasteiger partial charge on any atom is 0.163 e. The van der Waals surface area contributed by atoms with Crippen molar-refractivity contribution in [2.75, 3.05) is 0 Å². The maximum atomic E-state index is 9.26. The Morgan fingerprint density at radius 2 is 2.14 bits per heavy atom. The van der Waals surface area contributed by atoms with Crippen molar-refractivity contribution >= 4 is 0 Å². The van der Waals surface area contributed by atoms with Crippen LogP contribution in [0.25, 0.3) is 11.4 Å². The molecule has 0 atom stereocenters. The number of benzene rings is 1. The van der Waals surface area contributed by atoms with Gasteiger partial charge in [-0.3, -0.25) is 0 Å². The molecule has 0 unspecified atom stereocenters. The van der Waals surface area contributed by atoms with Crippen LogP contribution in [0.15, 0.2) is 24.5 Å². The molecule has 0 aliphatic rings. The summed E-state index contributed by atoms with van der Waals surface area (Å²) < 4.78 is 1.85. The van der Waals surface area contributed by atoms with Crippen molar-refractivity contribution in [2.45, 2.75) is 6.92 Å². The summed E-state index contributed by atoms with van der Waals surface area (Å²) in [5, 5.41) is 17.1. The number of aromatic nitrogens is 3. The van der Waals surface area contributed by atoms with E-state index in [1.165, 1.54) is 0 Å². The fourth-order valence-corrected chi connectivity index (χ4v) is 1.43. The van der Waals surface area contributed by atoms with Gasteiger partial charge in [0, 0.05) is 12.6 Å². The molecular formula is C10H11N3O. The lowest BCUT2D eigenvalue weighted by Crippen LogP contribution is -1.93. The number of hydrogen-bond donors (Lipinski definition) is 1. The van der Waals surface area contributed by atoms with Gasteiger partial charge in [0.15, 0.2) is 5.82 Å². The molecule has 4 nitrogen and oxygen atoms in total. The van der Waals surface area contributed by atoms with Crippen LogP contribution >= 0.6 is 0 Å². The summed E-state index contributed by atoms with van der Waals surface area (Å²) in [6.45, 7) is 1.93. The molecule has 1 heterocycles. The molecule has 2 aromatic rings. The van der Waals surface area contributed by atoms with Crippen LogP contribution in [0.2, 0.25) is 0 Å². The minimum atomic E-state index is 0.272. The van der Waals surface area contributed by atoms with Crippen molar-refractivity contribution in [1.82, 2.24) is 14.8 Å². The van der Waals surface area contributed by atoms with E-state index < -0.39 is 0 Å². The molecule has 0 amide bonds. The molecule has 1 N–H and O–H groups in total. The fraction of sp³-hybridized carbons (Fsp3) is 0.200. The average Bonchev–Trinajstić information content (AvgIpc) is 2.52. The molecule has 0 bridgehead atoms. The quantitative estimate of drug-likeness (QED) is 0.739. The van der Waals surface area contributed by atoms with E-state index in [9.17, 15) is 5.11 Å². The minimum Gasteiger partial charge on any atom is -0.508 e. The number of hydrogen-bond acceptors (Lipinski definition) is 3. The molecule has 0 radical (unpaired) electrons. The van der Waals surface area contributed by atoms with Crippen molar-refractivity contribution in [1.29, 1.82) is 0 Å². The van der Waals surface area contributed by atoms with Crippen molar-refractivity contribution in [3.8, 4) is 17.1 Å². The van der Waals surface area contributed by atoms with Gasteiger partial charge >= 0.3 is 0 Å². The van der Waals surface area contributed by atoms with Gasteiger partial charge in [0.1, 0.15) is 12.1 Å². The first-order valence-corrected chi connectivity index (χ1v) is 4.32. The number of rotatable bonds is 1. The minimum absolute atomic E-state index is 0.272. The lowest BCUT2D eigenvalue weighted by atomic mass is 10.1. The smallest absolute Gasteiger partial charge is 0.163 e. The van der Waals surface area contributed by atoms with E-state index in [4.69, 9.17) is 0 Å². The van der Waals surface area contributed by atoms with E-state index in [0.29, 0.717) is 0 Å². The Hall–Kier alpha value is -1.84. The van der Waals surface area contributed by atoms with Gasteiger partial charge in [0.05, 0.1) is 0 Å². The van der Waals surface area contributed by atoms with Crippen molar-refractivity contribution in [3.63, 3.8) is 0 Å². The lowest BCUT2D eigenvalue weighted by molar-refractivity contribution is 0.475. The molecule has 72 valence electrons. The number of phenols is 1. The molecule has 1 aromatic heterocycles. The van der Waals surface area contributed by atoms with Gasteiger partial charge in [-0.05, 0) is 30.7 Å². The van der Waals surface area contributed by atoms with Crippen molar-refractivity contribution in [3.05, 3.63) is 30.1 Å². The molecule has 0 aliphatic carbocycles. The first-order chi connectivity index (χ1) is 6.68. The van der Waals surface area contributed by atoms with Crippen LogP contribution in [0.3, 0.4) is 0 Å². The summed E-state index contributed by atoms with van der Waals surface area (Å²) >= 11 is 0. The molecular weight excluding hydrogens is 178 g/mol. The molecule has 2 rings (SSSR count). The van der Waals surface area contributed by atoms with E-state index in [-0.39, 0.29) is 5.75 Å². The summed E-state index contributed by atoms with van der Waals surface area (Å²) in [6.07, 6.45) is 1.65. The van der Waals surface area contributed by atoms with Crippen LogP contribution in [0, 0.1) is 6.92 Å². The highest BCUT2D eigenvalue weighted by atomic mass is 16.3. The highest BCUT2D eigenvalue weighted by Gasteiger charge is 2.07. The molecule has 0 aliphatic heterocycles. The first-order valence-electron chi connectivity index (χ1n) is 4.32. The molecule has 0 saturated heterocycles. The average molecular weight is 189 g/mol. The number of aryl methyl sites for hydroxylation is 2. The Morgan fingerprint density at radius 1 is 1.36 bits per heavy atom. The summed E-state index contributed by atoms with van der Waals surface area (Å²) in [6, 6.07) is 5.20. The molecule has 0 fully saturated rings. The highest BCUT2D eigenvalue weighted by molar-refractivity contribution is 5.61. The summed E-state index contributed by atoms with van der Waals surface area (Å²) in [4.78, 5) is 0. The van der Waals surface area contributed by atoms with E-state index in [0.717, 1.165) is 17.0 Å². The van der Waals surface area contributed by atoms with Gasteiger partial charge in [-0.2, -0.15) is 0 Å². The van der Waals surface area contributed by atoms with Crippen molar-refractivity contribution in [2.24, 2.45) is 7.05 Å². The second kappa shape index (κ2) is 3.14. The Labute approximate surface area is 81.8 Å². The third-order valence-electron chi connectivity index (χ3n) is 2.16. The van der Waals surface area contributed by atoms with Gasteiger partial charge in [0.2, 0.25) is 0 Å². The molecule has 14 heavy (non-hydrogen) atoms. The molecule has 0 saturated carbocycles. The predicted molar refractivity (Wildman–Crippen MR) is 52.8 cm³/mol. The van der Waals surface area contributed by atoms with Crippen LogP contribution in [0.5, 0.6) is 5.75 Å². The molecule has 4 heteroatoms. The predicted octanol–water partition coefficient (Wildman–Crippen LogP) is 1.50. The maximum absolute atomic E-state index is 9.26. The number of nitrogens with zero attached hydrogens (tertiary/aromatic N) is 3. The number of phenolic OH excluding ortho intramolecular Hbond substituents is 1. The normalized spacial score (nSPS) is 10.4. The van der Waals surface area contributed by atoms with Gasteiger partial charge in [-0.25, -0.2) is 0 Å². The summed E-state index contributed by atoms with van der Waals surface area (Å²) in [5.74, 6) is 1.08. The first kappa shape index (κ1) is 8.74. The van der Waals surface area contributed by atoms with Gasteiger partial charge in [-0.1, -0.05) is 0 Å². The van der Waals surface area contributed by atoms with E-state index >= 15 is 0 Å². The number of aromatic hydroxyl groups is 1. The van der Waals surface area contributed by atoms with Crippen LogP contribution in [0.4, 0.5) is 0 Å². The lowest BCUT2D eigenvalue weighted by Gasteiger charge is -2.04. The Balaban J connectivity index is 2.58. The Morgan fingerprint density at radius 3 is 2.71 bits per heavy atom. The van der Waals surface area contributed by atoms with Crippen LogP contribution < -0.4 is 0 Å². The zero-order valence-electron chi connectivity index (χ0n) is 8.10. The van der Waals surface area contributed by atoms with Crippen molar-refractivity contribution < 1.29 is 5.11 Å². The van der Waals surface area contributed by atoms with Crippen LogP contribution in [-0.4, -0.2) is 19.9 Å². The van der Waals surface area contributed by atoms with Crippen LogP contribution in [0.1, 0.15) is 5.56 Å². The standard InChI is InChI=1S/C10H11N3O/c1-7-5-8(14)3-4-9(7)10-12-11-6-13(10)2/h3-6,14H,1-2H3. The third kappa shape index (κ3) is 1.35. The van der Waals surface area contributed by atoms with Gasteiger partial charge in [-0.15, -0.1) is 10.2 Å². The SMILES string of the molecule is Cc1cc(O)ccc1-c1nncn1C. The van der Waals surface area contributed by atoms with Gasteiger partial charge in [0.25, 0.3) is 0 Å².